The van der Waals surface area contributed by atoms with E-state index < -0.39 is 5.60 Å². The first-order valence-electron chi connectivity index (χ1n) is 6.13. The van der Waals surface area contributed by atoms with Crippen LogP contribution in [0.3, 0.4) is 0 Å². The van der Waals surface area contributed by atoms with E-state index in [1.807, 2.05) is 20.8 Å². The summed E-state index contributed by atoms with van der Waals surface area (Å²) in [6, 6.07) is 0. The maximum atomic E-state index is 11.3. The molecule has 5 heteroatoms. The quantitative estimate of drug-likeness (QED) is 0.533. The highest BCUT2D eigenvalue weighted by Crippen LogP contribution is 2.06. The lowest BCUT2D eigenvalue weighted by Crippen LogP contribution is -2.34. The molecule has 17 heavy (non-hydrogen) atoms. The largest absolute Gasteiger partial charge is 0.444 e. The molecule has 0 heterocycles. The lowest BCUT2D eigenvalue weighted by Gasteiger charge is -2.19. The minimum absolute atomic E-state index is 0.374. The molecule has 0 aliphatic heterocycles. The zero-order valence-corrected chi connectivity index (χ0v) is 11.6. The molecular weight excluding hydrogens is 220 g/mol. The van der Waals surface area contributed by atoms with Gasteiger partial charge in [-0.05, 0) is 33.1 Å². The molecule has 0 rings (SSSR count). The number of alkyl carbamates (subject to hydrolysis) is 1. The standard InChI is InChI=1S/C12H26N2O3/c1-10(2)9-16-14-8-6-7-13-11(15)17-12(3,4)5/h10,14H,6-9H2,1-5H3,(H,13,15). The van der Waals surface area contributed by atoms with Gasteiger partial charge in [0, 0.05) is 13.1 Å². The fourth-order valence-electron chi connectivity index (χ4n) is 0.963. The minimum Gasteiger partial charge on any atom is -0.444 e. The van der Waals surface area contributed by atoms with E-state index in [1.165, 1.54) is 0 Å². The van der Waals surface area contributed by atoms with Gasteiger partial charge in [0.25, 0.3) is 0 Å². The number of hydrogen-bond donors (Lipinski definition) is 2. The van der Waals surface area contributed by atoms with Gasteiger partial charge < -0.3 is 14.9 Å². The molecule has 102 valence electrons. The van der Waals surface area contributed by atoms with Crippen LogP contribution in [0.1, 0.15) is 41.0 Å². The fourth-order valence-corrected chi connectivity index (χ4v) is 0.963. The van der Waals surface area contributed by atoms with Crippen LogP contribution >= 0.6 is 0 Å². The van der Waals surface area contributed by atoms with Gasteiger partial charge in [-0.3, -0.25) is 0 Å². The van der Waals surface area contributed by atoms with E-state index in [9.17, 15) is 4.79 Å². The number of ether oxygens (including phenoxy) is 1. The van der Waals surface area contributed by atoms with Crippen LogP contribution in [0.2, 0.25) is 0 Å². The molecule has 0 saturated carbocycles. The van der Waals surface area contributed by atoms with E-state index in [4.69, 9.17) is 9.57 Å². The summed E-state index contributed by atoms with van der Waals surface area (Å²) in [6.07, 6.45) is 0.428. The Labute approximate surface area is 104 Å². The Morgan fingerprint density at radius 1 is 1.24 bits per heavy atom. The number of hydroxylamine groups is 1. The van der Waals surface area contributed by atoms with Crippen LogP contribution in [-0.2, 0) is 9.57 Å². The molecule has 5 nitrogen and oxygen atoms in total. The fraction of sp³-hybridized carbons (Fsp3) is 0.917. The lowest BCUT2D eigenvalue weighted by molar-refractivity contribution is 0.0230. The Hall–Kier alpha value is -0.810. The molecule has 0 fully saturated rings. The van der Waals surface area contributed by atoms with Crippen molar-refractivity contribution in [1.82, 2.24) is 10.8 Å². The van der Waals surface area contributed by atoms with Crippen molar-refractivity contribution in [3.05, 3.63) is 0 Å². The predicted octanol–water partition coefficient (Wildman–Crippen LogP) is 2.08. The van der Waals surface area contributed by atoms with Gasteiger partial charge in [0.1, 0.15) is 5.60 Å². The molecule has 0 aliphatic rings. The van der Waals surface area contributed by atoms with Crippen molar-refractivity contribution in [3.63, 3.8) is 0 Å². The van der Waals surface area contributed by atoms with Gasteiger partial charge in [-0.2, -0.15) is 0 Å². The van der Waals surface area contributed by atoms with Crippen molar-refractivity contribution in [2.45, 2.75) is 46.6 Å². The summed E-state index contributed by atoms with van der Waals surface area (Å²) < 4.78 is 5.10. The molecule has 0 aliphatic carbocycles. The second kappa shape index (κ2) is 8.31. The van der Waals surface area contributed by atoms with E-state index in [0.717, 1.165) is 6.42 Å². The van der Waals surface area contributed by atoms with Gasteiger partial charge in [-0.1, -0.05) is 13.8 Å². The molecule has 0 saturated heterocycles. The molecule has 0 radical (unpaired) electrons. The number of hydrogen-bond acceptors (Lipinski definition) is 4. The summed E-state index contributed by atoms with van der Waals surface area (Å²) in [5, 5.41) is 2.68. The highest BCUT2D eigenvalue weighted by Gasteiger charge is 2.15. The van der Waals surface area contributed by atoms with E-state index in [1.54, 1.807) is 0 Å². The first-order chi connectivity index (χ1) is 7.81. The summed E-state index contributed by atoms with van der Waals surface area (Å²) in [6.45, 7) is 11.7. The molecule has 2 N–H and O–H groups in total. The van der Waals surface area contributed by atoms with Gasteiger partial charge in [0.15, 0.2) is 0 Å². The predicted molar refractivity (Wildman–Crippen MR) is 67.6 cm³/mol. The SMILES string of the molecule is CC(C)CONCCCNC(=O)OC(C)(C)C. The van der Waals surface area contributed by atoms with Crippen molar-refractivity contribution in [1.29, 1.82) is 0 Å². The third-order valence-electron chi connectivity index (χ3n) is 1.64. The van der Waals surface area contributed by atoms with E-state index >= 15 is 0 Å². The Balaban J connectivity index is 3.31. The summed E-state index contributed by atoms with van der Waals surface area (Å²) in [5.74, 6) is 0.516. The van der Waals surface area contributed by atoms with Gasteiger partial charge >= 0.3 is 6.09 Å². The number of rotatable bonds is 7. The summed E-state index contributed by atoms with van der Waals surface area (Å²) in [4.78, 5) is 16.4. The lowest BCUT2D eigenvalue weighted by atomic mass is 10.2. The second-order valence-electron chi connectivity index (χ2n) is 5.38. The second-order valence-corrected chi connectivity index (χ2v) is 5.38. The molecule has 0 aromatic heterocycles. The molecule has 1 amide bonds. The Bertz CT molecular complexity index is 212. The molecule has 0 aromatic carbocycles. The van der Waals surface area contributed by atoms with E-state index in [-0.39, 0.29) is 6.09 Å². The van der Waals surface area contributed by atoms with Gasteiger partial charge in [-0.25, -0.2) is 10.3 Å². The van der Waals surface area contributed by atoms with Gasteiger partial charge in [0.2, 0.25) is 0 Å². The monoisotopic (exact) mass is 246 g/mol. The van der Waals surface area contributed by atoms with Crippen LogP contribution in [0.4, 0.5) is 4.79 Å². The van der Waals surface area contributed by atoms with Crippen molar-refractivity contribution in [2.24, 2.45) is 5.92 Å². The third kappa shape index (κ3) is 13.1. The maximum Gasteiger partial charge on any atom is 0.407 e. The number of carbonyl (C=O) groups is 1. The average molecular weight is 246 g/mol. The maximum absolute atomic E-state index is 11.3. The van der Waals surface area contributed by atoms with Crippen LogP contribution in [0, 0.1) is 5.92 Å². The Morgan fingerprint density at radius 2 is 1.88 bits per heavy atom. The van der Waals surface area contributed by atoms with Gasteiger partial charge in [0.05, 0.1) is 6.61 Å². The van der Waals surface area contributed by atoms with Crippen LogP contribution in [0.25, 0.3) is 0 Å². The molecule has 0 unspecified atom stereocenters. The summed E-state index contributed by atoms with van der Waals surface area (Å²) in [5.41, 5.74) is 2.40. The molecular formula is C12H26N2O3. The Kier molecular flexibility index (Phi) is 7.91. The summed E-state index contributed by atoms with van der Waals surface area (Å²) in [7, 11) is 0. The van der Waals surface area contributed by atoms with Crippen molar-refractivity contribution >= 4 is 6.09 Å². The molecule has 0 spiro atoms. The summed E-state index contributed by atoms with van der Waals surface area (Å²) >= 11 is 0. The van der Waals surface area contributed by atoms with Crippen LogP contribution in [0.15, 0.2) is 0 Å². The number of nitrogens with one attached hydrogen (secondary N) is 2. The van der Waals surface area contributed by atoms with Crippen LogP contribution in [0.5, 0.6) is 0 Å². The molecule has 0 aromatic rings. The number of amides is 1. The highest BCUT2D eigenvalue weighted by molar-refractivity contribution is 5.67. The molecule has 0 atom stereocenters. The first kappa shape index (κ1) is 16.2. The zero-order valence-electron chi connectivity index (χ0n) is 11.6. The normalized spacial score (nSPS) is 11.6. The molecule has 0 bridgehead atoms. The highest BCUT2D eigenvalue weighted by atomic mass is 16.6. The van der Waals surface area contributed by atoms with E-state index in [0.29, 0.717) is 25.6 Å². The Morgan fingerprint density at radius 3 is 2.41 bits per heavy atom. The third-order valence-corrected chi connectivity index (χ3v) is 1.64. The number of carbonyl (C=O) groups excluding carboxylic acids is 1. The smallest absolute Gasteiger partial charge is 0.407 e. The topological polar surface area (TPSA) is 59.6 Å². The average Bonchev–Trinajstić information content (AvgIpc) is 2.12. The zero-order chi connectivity index (χ0) is 13.3. The van der Waals surface area contributed by atoms with Crippen molar-refractivity contribution < 1.29 is 14.4 Å². The first-order valence-corrected chi connectivity index (χ1v) is 6.13. The van der Waals surface area contributed by atoms with Crippen molar-refractivity contribution in [3.8, 4) is 0 Å². The van der Waals surface area contributed by atoms with E-state index in [2.05, 4.69) is 24.6 Å². The van der Waals surface area contributed by atoms with Crippen molar-refractivity contribution in [2.75, 3.05) is 19.7 Å². The minimum atomic E-state index is -0.442. The van der Waals surface area contributed by atoms with Crippen LogP contribution in [-0.4, -0.2) is 31.4 Å². The van der Waals surface area contributed by atoms with Crippen LogP contribution < -0.4 is 10.8 Å². The van der Waals surface area contributed by atoms with Gasteiger partial charge in [-0.15, -0.1) is 0 Å².